The van der Waals surface area contributed by atoms with E-state index in [9.17, 15) is 4.79 Å². The maximum atomic E-state index is 12.3. The van der Waals surface area contributed by atoms with Crippen LogP contribution in [0.25, 0.3) is 0 Å². The van der Waals surface area contributed by atoms with Gasteiger partial charge < -0.3 is 9.64 Å². The average Bonchev–Trinajstić information content (AvgIpc) is 3.02. The van der Waals surface area contributed by atoms with E-state index in [-0.39, 0.29) is 12.0 Å². The highest BCUT2D eigenvalue weighted by Crippen LogP contribution is 2.19. The Morgan fingerprint density at radius 2 is 2.20 bits per heavy atom. The van der Waals surface area contributed by atoms with Crippen LogP contribution in [0.1, 0.15) is 22.5 Å². The molecule has 1 fully saturated rings. The number of ether oxygens (including phenoxy) is 1. The van der Waals surface area contributed by atoms with Gasteiger partial charge in [0, 0.05) is 18.9 Å². The molecule has 0 N–H and O–H groups in total. The summed E-state index contributed by atoms with van der Waals surface area (Å²) < 4.78 is 5.74. The van der Waals surface area contributed by atoms with Crippen molar-refractivity contribution in [1.82, 2.24) is 14.9 Å². The van der Waals surface area contributed by atoms with Gasteiger partial charge >= 0.3 is 6.01 Å². The maximum Gasteiger partial charge on any atom is 0.316 e. The lowest BCUT2D eigenvalue weighted by Crippen LogP contribution is -2.44. The first kappa shape index (κ1) is 13.1. The predicted molar refractivity (Wildman–Crippen MR) is 75.9 cm³/mol. The summed E-state index contributed by atoms with van der Waals surface area (Å²) in [5.74, 6) is 0.0854. The van der Waals surface area contributed by atoms with Crippen molar-refractivity contribution >= 4 is 17.2 Å². The van der Waals surface area contributed by atoms with E-state index < -0.39 is 0 Å². The molecular formula is C14H15N3O2S. The second-order valence-corrected chi connectivity index (χ2v) is 5.59. The molecule has 0 spiro atoms. The summed E-state index contributed by atoms with van der Waals surface area (Å²) >= 11 is 1.47. The summed E-state index contributed by atoms with van der Waals surface area (Å²) in [7, 11) is 0. The van der Waals surface area contributed by atoms with E-state index in [1.807, 2.05) is 22.4 Å². The van der Waals surface area contributed by atoms with Crippen LogP contribution in [-0.2, 0) is 0 Å². The first-order valence-corrected chi connectivity index (χ1v) is 7.47. The topological polar surface area (TPSA) is 55.3 Å². The normalized spacial score (nSPS) is 18.8. The Labute approximate surface area is 121 Å². The first-order chi connectivity index (χ1) is 9.83. The lowest BCUT2D eigenvalue weighted by Gasteiger charge is -2.32. The average molecular weight is 289 g/mol. The van der Waals surface area contributed by atoms with Crippen molar-refractivity contribution in [3.63, 3.8) is 0 Å². The summed E-state index contributed by atoms with van der Waals surface area (Å²) in [5.41, 5.74) is 0. The number of hydrogen-bond acceptors (Lipinski definition) is 5. The number of likely N-dealkylation sites (tertiary alicyclic amines) is 1. The Bertz CT molecular complexity index is 559. The second-order valence-electron chi connectivity index (χ2n) is 4.64. The Kier molecular flexibility index (Phi) is 3.92. The lowest BCUT2D eigenvalue weighted by atomic mass is 10.1. The molecule has 20 heavy (non-hydrogen) atoms. The third-order valence-electron chi connectivity index (χ3n) is 3.21. The fraction of sp³-hybridized carbons (Fsp3) is 0.357. The van der Waals surface area contributed by atoms with Gasteiger partial charge in [0.25, 0.3) is 5.91 Å². The minimum atomic E-state index is -0.0323. The van der Waals surface area contributed by atoms with Gasteiger partial charge in [-0.3, -0.25) is 4.79 Å². The summed E-state index contributed by atoms with van der Waals surface area (Å²) in [4.78, 5) is 23.1. The molecule has 5 nitrogen and oxygen atoms in total. The smallest absolute Gasteiger partial charge is 0.316 e. The third-order valence-corrected chi connectivity index (χ3v) is 4.07. The molecule has 0 aliphatic carbocycles. The van der Waals surface area contributed by atoms with Crippen LogP contribution in [0, 0.1) is 0 Å². The predicted octanol–water partition coefficient (Wildman–Crippen LogP) is 2.22. The van der Waals surface area contributed by atoms with E-state index in [1.54, 1.807) is 18.5 Å². The van der Waals surface area contributed by atoms with Crippen molar-refractivity contribution in [1.29, 1.82) is 0 Å². The van der Waals surface area contributed by atoms with Crippen molar-refractivity contribution < 1.29 is 9.53 Å². The molecule has 1 amide bonds. The summed E-state index contributed by atoms with van der Waals surface area (Å²) in [6.45, 7) is 1.38. The fourth-order valence-corrected chi connectivity index (χ4v) is 2.96. The number of piperidine rings is 1. The Balaban J connectivity index is 1.63. The van der Waals surface area contributed by atoms with Crippen LogP contribution in [0.4, 0.5) is 0 Å². The molecule has 104 valence electrons. The molecule has 0 bridgehead atoms. The van der Waals surface area contributed by atoms with Gasteiger partial charge in [-0.1, -0.05) is 6.07 Å². The fourth-order valence-electron chi connectivity index (χ4n) is 2.27. The Morgan fingerprint density at radius 1 is 1.35 bits per heavy atom. The molecule has 3 rings (SSSR count). The van der Waals surface area contributed by atoms with Gasteiger partial charge in [0.2, 0.25) is 0 Å². The van der Waals surface area contributed by atoms with Gasteiger partial charge in [-0.15, -0.1) is 11.3 Å². The summed E-state index contributed by atoms with van der Waals surface area (Å²) in [6, 6.07) is 5.88. The number of carbonyl (C=O) groups is 1. The largest absolute Gasteiger partial charge is 0.458 e. The van der Waals surface area contributed by atoms with Crippen molar-refractivity contribution in [2.45, 2.75) is 18.9 Å². The Hall–Kier alpha value is -1.95. The van der Waals surface area contributed by atoms with Gasteiger partial charge in [-0.05, 0) is 30.4 Å². The number of amides is 1. The minimum Gasteiger partial charge on any atom is -0.458 e. The SMILES string of the molecule is O=C(c1cccs1)N1CCCC(Oc2ncccn2)C1. The molecule has 6 heteroatoms. The van der Waals surface area contributed by atoms with Crippen LogP contribution in [-0.4, -0.2) is 40.0 Å². The number of aromatic nitrogens is 2. The molecule has 3 heterocycles. The number of hydrogen-bond donors (Lipinski definition) is 0. The van der Waals surface area contributed by atoms with E-state index >= 15 is 0 Å². The minimum absolute atomic E-state index is 0.0323. The molecular weight excluding hydrogens is 274 g/mol. The molecule has 2 aromatic rings. The highest BCUT2D eigenvalue weighted by atomic mass is 32.1. The molecule has 1 aliphatic rings. The number of rotatable bonds is 3. The standard InChI is InChI=1S/C14H15N3O2S/c18-13(12-5-2-9-20-12)17-8-1-4-11(10-17)19-14-15-6-3-7-16-14/h2-3,5-7,9,11H,1,4,8,10H2. The molecule has 1 atom stereocenters. The molecule has 1 saturated heterocycles. The zero-order valence-corrected chi connectivity index (χ0v) is 11.8. The van der Waals surface area contributed by atoms with Crippen LogP contribution in [0.15, 0.2) is 36.0 Å². The number of carbonyl (C=O) groups excluding carboxylic acids is 1. The number of nitrogens with zero attached hydrogens (tertiary/aromatic N) is 3. The van der Waals surface area contributed by atoms with Crippen LogP contribution >= 0.6 is 11.3 Å². The van der Waals surface area contributed by atoms with Crippen molar-refractivity contribution in [3.05, 3.63) is 40.8 Å². The van der Waals surface area contributed by atoms with Gasteiger partial charge in [0.1, 0.15) is 6.10 Å². The highest BCUT2D eigenvalue weighted by molar-refractivity contribution is 7.12. The third kappa shape index (κ3) is 2.96. The molecule has 0 aromatic carbocycles. The van der Waals surface area contributed by atoms with Crippen LogP contribution in [0.2, 0.25) is 0 Å². The van der Waals surface area contributed by atoms with E-state index in [0.29, 0.717) is 12.6 Å². The monoisotopic (exact) mass is 289 g/mol. The Morgan fingerprint density at radius 3 is 2.95 bits per heavy atom. The van der Waals surface area contributed by atoms with Crippen LogP contribution < -0.4 is 4.74 Å². The van der Waals surface area contributed by atoms with Crippen LogP contribution in [0.3, 0.4) is 0 Å². The van der Waals surface area contributed by atoms with Crippen molar-refractivity contribution in [2.75, 3.05) is 13.1 Å². The van der Waals surface area contributed by atoms with Gasteiger partial charge in [0.15, 0.2) is 0 Å². The summed E-state index contributed by atoms with van der Waals surface area (Å²) in [5, 5.41) is 1.92. The van der Waals surface area contributed by atoms with E-state index in [2.05, 4.69) is 9.97 Å². The molecule has 1 aliphatic heterocycles. The first-order valence-electron chi connectivity index (χ1n) is 6.59. The zero-order chi connectivity index (χ0) is 13.8. The van der Waals surface area contributed by atoms with Crippen molar-refractivity contribution in [3.8, 4) is 6.01 Å². The second kappa shape index (κ2) is 6.00. The zero-order valence-electron chi connectivity index (χ0n) is 10.9. The lowest BCUT2D eigenvalue weighted by molar-refractivity contribution is 0.0520. The van der Waals surface area contributed by atoms with Crippen LogP contribution in [0.5, 0.6) is 6.01 Å². The van der Waals surface area contributed by atoms with E-state index in [4.69, 9.17) is 4.74 Å². The maximum absolute atomic E-state index is 12.3. The quantitative estimate of drug-likeness (QED) is 0.869. The molecule has 0 radical (unpaired) electrons. The molecule has 0 saturated carbocycles. The van der Waals surface area contributed by atoms with Gasteiger partial charge in [0.05, 0.1) is 11.4 Å². The molecule has 1 unspecified atom stereocenters. The highest BCUT2D eigenvalue weighted by Gasteiger charge is 2.26. The van der Waals surface area contributed by atoms with E-state index in [1.165, 1.54) is 11.3 Å². The van der Waals surface area contributed by atoms with E-state index in [0.717, 1.165) is 24.3 Å². The van der Waals surface area contributed by atoms with Crippen molar-refractivity contribution in [2.24, 2.45) is 0 Å². The van der Waals surface area contributed by atoms with Gasteiger partial charge in [-0.25, -0.2) is 9.97 Å². The van der Waals surface area contributed by atoms with Gasteiger partial charge in [-0.2, -0.15) is 0 Å². The number of thiophene rings is 1. The molecule has 2 aromatic heterocycles. The summed E-state index contributed by atoms with van der Waals surface area (Å²) in [6.07, 6.45) is 5.13.